The van der Waals surface area contributed by atoms with Crippen molar-refractivity contribution < 1.29 is 19.1 Å². The van der Waals surface area contributed by atoms with Crippen LogP contribution in [0.15, 0.2) is 66.7 Å². The molecule has 154 valence electrons. The molecule has 6 heteroatoms. The number of ether oxygens (including phenoxy) is 2. The molecule has 0 aliphatic rings. The van der Waals surface area contributed by atoms with E-state index in [4.69, 9.17) is 21.1 Å². The lowest BCUT2D eigenvalue weighted by Gasteiger charge is -2.14. The molecule has 0 saturated carbocycles. The first-order chi connectivity index (χ1) is 14.5. The quantitative estimate of drug-likeness (QED) is 0.498. The molecule has 0 atom stereocenters. The van der Waals surface area contributed by atoms with Crippen LogP contribution in [0.1, 0.15) is 38.8 Å². The number of halogens is 1. The van der Waals surface area contributed by atoms with Gasteiger partial charge in [-0.25, -0.2) is 4.79 Å². The molecule has 0 aliphatic heterocycles. The maximum Gasteiger partial charge on any atom is 0.338 e. The Bertz CT molecular complexity index is 1050. The molecule has 1 amide bonds. The van der Waals surface area contributed by atoms with Crippen LogP contribution in [0.5, 0.6) is 5.75 Å². The fraction of sp³-hybridized carbons (Fsp3) is 0.167. The van der Waals surface area contributed by atoms with E-state index in [1.807, 2.05) is 37.3 Å². The van der Waals surface area contributed by atoms with Gasteiger partial charge >= 0.3 is 5.97 Å². The molecule has 0 aromatic heterocycles. The van der Waals surface area contributed by atoms with Gasteiger partial charge < -0.3 is 14.8 Å². The summed E-state index contributed by atoms with van der Waals surface area (Å²) < 4.78 is 10.9. The first kappa shape index (κ1) is 21.4. The second-order valence-corrected chi connectivity index (χ2v) is 7.06. The molecule has 5 nitrogen and oxygen atoms in total. The molecular formula is C24H22ClNO4. The van der Waals surface area contributed by atoms with Gasteiger partial charge in [-0.05, 0) is 55.3 Å². The molecule has 0 heterocycles. The van der Waals surface area contributed by atoms with E-state index in [0.717, 1.165) is 11.1 Å². The Balaban J connectivity index is 1.82. The van der Waals surface area contributed by atoms with Crippen molar-refractivity contribution in [2.24, 2.45) is 0 Å². The smallest absolute Gasteiger partial charge is 0.338 e. The molecule has 3 aromatic carbocycles. The van der Waals surface area contributed by atoms with E-state index in [1.54, 1.807) is 43.3 Å². The van der Waals surface area contributed by atoms with Gasteiger partial charge in [0.05, 0.1) is 17.7 Å². The third kappa shape index (κ3) is 5.39. The first-order valence-electron chi connectivity index (χ1n) is 9.53. The highest BCUT2D eigenvalue weighted by molar-refractivity contribution is 6.31. The normalized spacial score (nSPS) is 10.4. The number of nitrogens with one attached hydrogen (secondary N) is 1. The van der Waals surface area contributed by atoms with Gasteiger partial charge in [-0.2, -0.15) is 0 Å². The minimum absolute atomic E-state index is 0.277. The van der Waals surface area contributed by atoms with Crippen molar-refractivity contribution in [1.82, 2.24) is 0 Å². The third-order valence-electron chi connectivity index (χ3n) is 4.42. The van der Waals surface area contributed by atoms with Crippen molar-refractivity contribution in [1.29, 1.82) is 0 Å². The average molecular weight is 424 g/mol. The number of benzene rings is 3. The predicted molar refractivity (Wildman–Crippen MR) is 117 cm³/mol. The number of aryl methyl sites for hydroxylation is 1. The largest absolute Gasteiger partial charge is 0.488 e. The molecule has 3 rings (SSSR count). The molecule has 0 fully saturated rings. The average Bonchev–Trinajstić information content (AvgIpc) is 2.75. The lowest BCUT2D eigenvalue weighted by molar-refractivity contribution is 0.0526. The van der Waals surface area contributed by atoms with E-state index < -0.39 is 5.97 Å². The lowest BCUT2D eigenvalue weighted by Crippen LogP contribution is -2.15. The number of carbonyl (C=O) groups excluding carboxylic acids is 2. The van der Waals surface area contributed by atoms with Crippen LogP contribution in [0.2, 0.25) is 5.02 Å². The summed E-state index contributed by atoms with van der Waals surface area (Å²) in [4.78, 5) is 25.0. The van der Waals surface area contributed by atoms with E-state index in [0.29, 0.717) is 34.2 Å². The van der Waals surface area contributed by atoms with Gasteiger partial charge in [-0.15, -0.1) is 0 Å². The summed E-state index contributed by atoms with van der Waals surface area (Å²) in [5, 5.41) is 3.26. The molecule has 0 aliphatic carbocycles. The van der Waals surface area contributed by atoms with Crippen LogP contribution < -0.4 is 10.1 Å². The third-order valence-corrected chi connectivity index (χ3v) is 4.66. The van der Waals surface area contributed by atoms with Crippen molar-refractivity contribution >= 4 is 29.2 Å². The summed E-state index contributed by atoms with van der Waals surface area (Å²) in [7, 11) is 0. The molecule has 30 heavy (non-hydrogen) atoms. The standard InChI is InChI=1S/C24H22ClNO4/c1-3-29-24(28)18-10-9-16(2)21(13-18)26-23(27)20-14-19(25)11-12-22(20)30-15-17-7-5-4-6-8-17/h4-14H,3,15H2,1-2H3,(H,26,27). The van der Waals surface area contributed by atoms with Crippen LogP contribution in [0.3, 0.4) is 0 Å². The van der Waals surface area contributed by atoms with Gasteiger partial charge in [-0.1, -0.05) is 48.0 Å². The van der Waals surface area contributed by atoms with Gasteiger partial charge in [0.15, 0.2) is 0 Å². The maximum absolute atomic E-state index is 13.0. The number of esters is 1. The van der Waals surface area contributed by atoms with Crippen LogP contribution in [0, 0.1) is 6.92 Å². The molecule has 0 unspecified atom stereocenters. The van der Waals surface area contributed by atoms with Crippen molar-refractivity contribution in [3.05, 3.63) is 94.0 Å². The minimum Gasteiger partial charge on any atom is -0.488 e. The number of hydrogen-bond donors (Lipinski definition) is 1. The molecule has 0 radical (unpaired) electrons. The molecule has 0 saturated heterocycles. The first-order valence-corrected chi connectivity index (χ1v) is 9.91. The van der Waals surface area contributed by atoms with Crippen LogP contribution in [0.4, 0.5) is 5.69 Å². The number of amides is 1. The van der Waals surface area contributed by atoms with Crippen molar-refractivity contribution in [3.63, 3.8) is 0 Å². The summed E-state index contributed by atoms with van der Waals surface area (Å²) in [6.07, 6.45) is 0. The van der Waals surface area contributed by atoms with E-state index in [2.05, 4.69) is 5.32 Å². The predicted octanol–water partition coefficient (Wildman–Crippen LogP) is 5.66. The van der Waals surface area contributed by atoms with Gasteiger partial charge in [0.25, 0.3) is 5.91 Å². The van der Waals surface area contributed by atoms with Gasteiger partial charge in [-0.3, -0.25) is 4.79 Å². The number of carbonyl (C=O) groups is 2. The summed E-state index contributed by atoms with van der Waals surface area (Å²) in [6.45, 7) is 4.18. The van der Waals surface area contributed by atoms with Gasteiger partial charge in [0, 0.05) is 10.7 Å². The highest BCUT2D eigenvalue weighted by Crippen LogP contribution is 2.26. The highest BCUT2D eigenvalue weighted by atomic mass is 35.5. The van der Waals surface area contributed by atoms with Crippen LogP contribution in [-0.4, -0.2) is 18.5 Å². The van der Waals surface area contributed by atoms with E-state index in [9.17, 15) is 9.59 Å². The Hall–Kier alpha value is -3.31. The second-order valence-electron chi connectivity index (χ2n) is 6.62. The van der Waals surface area contributed by atoms with E-state index in [1.165, 1.54) is 0 Å². The van der Waals surface area contributed by atoms with Gasteiger partial charge in [0.2, 0.25) is 0 Å². The Labute approximate surface area is 180 Å². The SMILES string of the molecule is CCOC(=O)c1ccc(C)c(NC(=O)c2cc(Cl)ccc2OCc2ccccc2)c1. The maximum atomic E-state index is 13.0. The number of anilines is 1. The monoisotopic (exact) mass is 423 g/mol. The molecule has 0 bridgehead atoms. The lowest BCUT2D eigenvalue weighted by atomic mass is 10.1. The van der Waals surface area contributed by atoms with Crippen molar-refractivity contribution in [3.8, 4) is 5.75 Å². The fourth-order valence-electron chi connectivity index (χ4n) is 2.83. The van der Waals surface area contributed by atoms with Crippen LogP contribution >= 0.6 is 11.6 Å². The van der Waals surface area contributed by atoms with Crippen LogP contribution in [-0.2, 0) is 11.3 Å². The van der Waals surface area contributed by atoms with E-state index in [-0.39, 0.29) is 12.5 Å². The van der Waals surface area contributed by atoms with Crippen molar-refractivity contribution in [2.75, 3.05) is 11.9 Å². The highest BCUT2D eigenvalue weighted by Gasteiger charge is 2.16. The summed E-state index contributed by atoms with van der Waals surface area (Å²) in [5.74, 6) is -0.410. The Morgan fingerprint density at radius 3 is 2.50 bits per heavy atom. The van der Waals surface area contributed by atoms with Crippen LogP contribution in [0.25, 0.3) is 0 Å². The zero-order chi connectivity index (χ0) is 21.5. The zero-order valence-corrected chi connectivity index (χ0v) is 17.5. The summed E-state index contributed by atoms with van der Waals surface area (Å²) in [6, 6.07) is 19.6. The zero-order valence-electron chi connectivity index (χ0n) is 16.8. The topological polar surface area (TPSA) is 64.6 Å². The van der Waals surface area contributed by atoms with E-state index >= 15 is 0 Å². The Morgan fingerprint density at radius 1 is 1.00 bits per heavy atom. The minimum atomic E-state index is -0.442. The molecule has 1 N–H and O–H groups in total. The second kappa shape index (κ2) is 9.94. The Kier molecular flexibility index (Phi) is 7.09. The summed E-state index contributed by atoms with van der Waals surface area (Å²) in [5.41, 5.74) is 2.98. The van der Waals surface area contributed by atoms with Crippen molar-refractivity contribution in [2.45, 2.75) is 20.5 Å². The molecular weight excluding hydrogens is 402 g/mol. The summed E-state index contributed by atoms with van der Waals surface area (Å²) >= 11 is 6.12. The fourth-order valence-corrected chi connectivity index (χ4v) is 3.00. The Morgan fingerprint density at radius 2 is 1.77 bits per heavy atom. The molecule has 0 spiro atoms. The number of rotatable bonds is 7. The molecule has 3 aromatic rings. The van der Waals surface area contributed by atoms with Gasteiger partial charge in [0.1, 0.15) is 12.4 Å². The number of hydrogen-bond acceptors (Lipinski definition) is 4.